The monoisotopic (exact) mass is 509 g/mol. The highest BCUT2D eigenvalue weighted by Crippen LogP contribution is 2.41. The number of hydrogen-bond donors (Lipinski definition) is 3. The molecule has 0 saturated carbocycles. The Morgan fingerprint density at radius 2 is 1.94 bits per heavy atom. The van der Waals surface area contributed by atoms with Crippen molar-refractivity contribution in [3.8, 4) is 5.75 Å². The Kier molecular flexibility index (Phi) is 6.65. The van der Waals surface area contributed by atoms with Crippen LogP contribution in [0, 0.1) is 5.41 Å². The predicted octanol–water partition coefficient (Wildman–Crippen LogP) is 4.12. The van der Waals surface area contributed by atoms with Crippen LogP contribution in [0.3, 0.4) is 0 Å². The van der Waals surface area contributed by atoms with Crippen LogP contribution in [0.1, 0.15) is 45.2 Å². The van der Waals surface area contributed by atoms with Crippen LogP contribution in [-0.2, 0) is 10.0 Å². The SMILES string of the molecule is CC(C)(C)[C@@H](N=c1[nH][s+]([O-])nc1Nc1csc(S(=O)(=O)N2CCCC2)c1O)c1ccccc1. The summed E-state index contributed by atoms with van der Waals surface area (Å²) in [6, 6.07) is 9.51. The molecule has 33 heavy (non-hydrogen) atoms. The molecule has 0 amide bonds. The minimum Gasteiger partial charge on any atom is -0.548 e. The van der Waals surface area contributed by atoms with Gasteiger partial charge in [0.1, 0.15) is 0 Å². The van der Waals surface area contributed by atoms with Crippen LogP contribution in [-0.4, -0.2) is 44.2 Å². The van der Waals surface area contributed by atoms with Gasteiger partial charge in [-0.2, -0.15) is 4.31 Å². The number of aromatic amines is 1. The summed E-state index contributed by atoms with van der Waals surface area (Å²) in [6.45, 7) is 7.08. The van der Waals surface area contributed by atoms with E-state index in [1.54, 1.807) is 0 Å². The van der Waals surface area contributed by atoms with E-state index in [1.165, 1.54) is 9.69 Å². The van der Waals surface area contributed by atoms with E-state index in [2.05, 4.69) is 34.8 Å². The summed E-state index contributed by atoms with van der Waals surface area (Å²) in [4.78, 5) is 4.81. The Balaban J connectivity index is 1.70. The van der Waals surface area contributed by atoms with Crippen molar-refractivity contribution in [1.29, 1.82) is 0 Å². The second-order valence-electron chi connectivity index (χ2n) is 8.97. The van der Waals surface area contributed by atoms with Gasteiger partial charge in [-0.25, -0.2) is 8.42 Å². The second kappa shape index (κ2) is 9.18. The number of aromatic nitrogens is 2. The van der Waals surface area contributed by atoms with Gasteiger partial charge in [-0.1, -0.05) is 51.1 Å². The van der Waals surface area contributed by atoms with Gasteiger partial charge in [-0.05, 0) is 23.8 Å². The normalized spacial score (nSPS) is 17.5. The maximum atomic E-state index is 12.9. The van der Waals surface area contributed by atoms with Crippen LogP contribution in [0.15, 0.2) is 44.9 Å². The molecule has 2 aromatic heterocycles. The summed E-state index contributed by atoms with van der Waals surface area (Å²) in [7, 11) is -3.76. The fourth-order valence-electron chi connectivity index (χ4n) is 3.76. The van der Waals surface area contributed by atoms with Crippen molar-refractivity contribution >= 4 is 44.0 Å². The average molecular weight is 510 g/mol. The molecule has 1 saturated heterocycles. The molecule has 4 rings (SSSR count). The molecule has 3 heterocycles. The number of thiophene rings is 1. The zero-order chi connectivity index (χ0) is 23.8. The number of rotatable bonds is 6. The minimum absolute atomic E-state index is 0.116. The Morgan fingerprint density at radius 3 is 2.58 bits per heavy atom. The lowest BCUT2D eigenvalue weighted by molar-refractivity contribution is 0.323. The van der Waals surface area contributed by atoms with Gasteiger partial charge in [0.2, 0.25) is 11.3 Å². The van der Waals surface area contributed by atoms with Gasteiger partial charge in [0.25, 0.3) is 10.0 Å². The predicted molar refractivity (Wildman–Crippen MR) is 129 cm³/mol. The Bertz CT molecular complexity index is 1280. The van der Waals surface area contributed by atoms with Gasteiger partial charge < -0.3 is 15.0 Å². The lowest BCUT2D eigenvalue weighted by Crippen LogP contribution is -2.27. The Hall–Kier alpha value is -2.25. The molecule has 3 N–H and O–H groups in total. The first kappa shape index (κ1) is 23.9. The number of hydrogen-bond acceptors (Lipinski definition) is 8. The highest BCUT2D eigenvalue weighted by Gasteiger charge is 2.33. The molecule has 1 aliphatic heterocycles. The van der Waals surface area contributed by atoms with Crippen molar-refractivity contribution in [3.63, 3.8) is 0 Å². The fraction of sp³-hybridized carbons (Fsp3) is 0.429. The van der Waals surface area contributed by atoms with E-state index in [0.29, 0.717) is 13.1 Å². The third-order valence-corrected chi connectivity index (χ3v) is 9.51. The molecule has 1 aliphatic rings. The van der Waals surface area contributed by atoms with Crippen LogP contribution < -0.4 is 10.8 Å². The maximum Gasteiger partial charge on any atom is 0.256 e. The first-order chi connectivity index (χ1) is 15.6. The summed E-state index contributed by atoms with van der Waals surface area (Å²) in [6.07, 6.45) is 1.61. The van der Waals surface area contributed by atoms with E-state index in [9.17, 15) is 18.1 Å². The average Bonchev–Trinajstić information content (AvgIpc) is 3.48. The Morgan fingerprint density at radius 1 is 1.27 bits per heavy atom. The molecule has 12 heteroatoms. The van der Waals surface area contributed by atoms with Crippen LogP contribution in [0.5, 0.6) is 5.75 Å². The molecule has 178 valence electrons. The standard InChI is InChI=1S/C21H27N5O4S3/c1-21(2,3)17(14-9-5-4-6-10-14)23-19-18(24-32(28)25-19)22-15-13-31-20(16(15)27)33(29,30)26-11-7-8-12-26/h4-6,9-10,13,17,27H,7-8,11-12H2,1-3H3,(H,22,24)(H,23,25)/t17-,32?/m0/s1. The zero-order valence-electron chi connectivity index (χ0n) is 18.6. The number of nitrogens with one attached hydrogen (secondary N) is 2. The van der Waals surface area contributed by atoms with Crippen LogP contribution in [0.4, 0.5) is 11.5 Å². The first-order valence-electron chi connectivity index (χ1n) is 10.6. The van der Waals surface area contributed by atoms with Crippen molar-refractivity contribution in [1.82, 2.24) is 13.1 Å². The zero-order valence-corrected chi connectivity index (χ0v) is 21.1. The number of benzene rings is 1. The molecule has 0 bridgehead atoms. The molecule has 0 radical (unpaired) electrons. The maximum absolute atomic E-state index is 12.9. The van der Waals surface area contributed by atoms with E-state index in [1.807, 2.05) is 30.3 Å². The van der Waals surface area contributed by atoms with Gasteiger partial charge in [-0.3, -0.25) is 4.99 Å². The quantitative estimate of drug-likeness (QED) is 0.428. The summed E-state index contributed by atoms with van der Waals surface area (Å²) >= 11 is -0.798. The highest BCUT2D eigenvalue weighted by atomic mass is 32.2. The van der Waals surface area contributed by atoms with Crippen molar-refractivity contribution in [2.24, 2.45) is 10.4 Å². The topological polar surface area (TPSA) is 134 Å². The molecule has 9 nitrogen and oxygen atoms in total. The van der Waals surface area contributed by atoms with E-state index in [0.717, 1.165) is 29.7 Å². The minimum atomic E-state index is -3.76. The molecule has 1 unspecified atom stereocenters. The van der Waals surface area contributed by atoms with Gasteiger partial charge in [0.05, 0.1) is 11.7 Å². The molecular formula is C21H27N5O4S3. The van der Waals surface area contributed by atoms with Crippen molar-refractivity contribution in [2.75, 3.05) is 18.4 Å². The highest BCUT2D eigenvalue weighted by molar-refractivity contribution is 7.91. The summed E-state index contributed by atoms with van der Waals surface area (Å²) < 4.78 is 46.0. The fourth-order valence-corrected chi connectivity index (χ4v) is 7.31. The second-order valence-corrected chi connectivity index (χ2v) is 12.9. The van der Waals surface area contributed by atoms with Crippen molar-refractivity contribution in [3.05, 3.63) is 46.8 Å². The molecule has 0 aliphatic carbocycles. The van der Waals surface area contributed by atoms with E-state index >= 15 is 0 Å². The van der Waals surface area contributed by atoms with Gasteiger partial charge in [-0.15, -0.1) is 15.7 Å². The lowest BCUT2D eigenvalue weighted by Gasteiger charge is -2.27. The van der Waals surface area contributed by atoms with E-state index < -0.39 is 21.2 Å². The molecule has 0 spiro atoms. The van der Waals surface area contributed by atoms with Gasteiger partial charge in [0.15, 0.2) is 21.1 Å². The largest absolute Gasteiger partial charge is 0.548 e. The molecular weight excluding hydrogens is 482 g/mol. The van der Waals surface area contributed by atoms with E-state index in [-0.39, 0.29) is 38.4 Å². The lowest BCUT2D eigenvalue weighted by atomic mass is 9.83. The summed E-state index contributed by atoms with van der Waals surface area (Å²) in [5.41, 5.74) is 1.21. The smallest absolute Gasteiger partial charge is 0.256 e. The van der Waals surface area contributed by atoms with E-state index in [4.69, 9.17) is 4.99 Å². The van der Waals surface area contributed by atoms with Gasteiger partial charge >= 0.3 is 0 Å². The van der Waals surface area contributed by atoms with Gasteiger partial charge in [0, 0.05) is 22.8 Å². The van der Waals surface area contributed by atoms with Crippen molar-refractivity contribution < 1.29 is 18.1 Å². The number of sulfonamides is 1. The number of nitrogens with zero attached hydrogens (tertiary/aromatic N) is 3. The molecule has 3 aromatic rings. The first-order valence-corrected chi connectivity index (χ1v) is 14.0. The van der Waals surface area contributed by atoms with Crippen LogP contribution in [0.25, 0.3) is 0 Å². The number of H-pyrrole nitrogens is 1. The summed E-state index contributed by atoms with van der Waals surface area (Å²) in [5, 5.41) is 15.1. The van der Waals surface area contributed by atoms with Crippen LogP contribution in [0.2, 0.25) is 0 Å². The Labute approximate surface area is 200 Å². The third-order valence-electron chi connectivity index (χ3n) is 5.40. The van der Waals surface area contributed by atoms with Crippen molar-refractivity contribution in [2.45, 2.75) is 43.9 Å². The third kappa shape index (κ3) is 4.99. The molecule has 1 fully saturated rings. The van der Waals surface area contributed by atoms with Crippen LogP contribution >= 0.6 is 22.5 Å². The molecule has 1 aromatic carbocycles. The number of anilines is 2. The summed E-state index contributed by atoms with van der Waals surface area (Å²) in [5.74, 6) is -0.196. The number of aromatic hydroxyl groups is 1. The molecule has 2 atom stereocenters.